The standard InChI is InChI=1S/C10H15ClSi/c1-8(2)9-6-4-5-7-10(9)12(3)11/h4-8,12H,1-3H3. The van der Waals surface area contributed by atoms with Gasteiger partial charge in [-0.2, -0.15) is 11.1 Å². The van der Waals surface area contributed by atoms with Gasteiger partial charge in [0.1, 0.15) is 0 Å². The Balaban J connectivity index is 3.09. The van der Waals surface area contributed by atoms with Crippen LogP contribution in [0.4, 0.5) is 0 Å². The van der Waals surface area contributed by atoms with E-state index in [-0.39, 0.29) is 0 Å². The molecule has 0 aliphatic carbocycles. The molecule has 12 heavy (non-hydrogen) atoms. The fourth-order valence-electron chi connectivity index (χ4n) is 1.40. The molecule has 0 N–H and O–H groups in total. The van der Waals surface area contributed by atoms with Gasteiger partial charge in [-0.1, -0.05) is 44.7 Å². The van der Waals surface area contributed by atoms with Gasteiger partial charge in [0.15, 0.2) is 8.11 Å². The molecule has 0 fully saturated rings. The molecule has 0 aliphatic rings. The molecule has 0 saturated heterocycles. The van der Waals surface area contributed by atoms with Gasteiger partial charge in [0.2, 0.25) is 0 Å². The Hall–Kier alpha value is -0.273. The van der Waals surface area contributed by atoms with E-state index in [1.807, 2.05) is 0 Å². The third-order valence-corrected chi connectivity index (χ3v) is 4.13. The van der Waals surface area contributed by atoms with Crippen molar-refractivity contribution in [3.63, 3.8) is 0 Å². The Morgan fingerprint density at radius 2 is 1.83 bits per heavy atom. The van der Waals surface area contributed by atoms with Gasteiger partial charge in [0.25, 0.3) is 0 Å². The van der Waals surface area contributed by atoms with Gasteiger partial charge in [-0.3, -0.25) is 0 Å². The lowest BCUT2D eigenvalue weighted by molar-refractivity contribution is 0.873. The van der Waals surface area contributed by atoms with Crippen molar-refractivity contribution >= 4 is 24.4 Å². The summed E-state index contributed by atoms with van der Waals surface area (Å²) in [5.74, 6) is 0.592. The molecular weight excluding hydrogens is 184 g/mol. The maximum absolute atomic E-state index is 6.19. The zero-order chi connectivity index (χ0) is 9.14. The highest BCUT2D eigenvalue weighted by Gasteiger charge is 2.10. The molecule has 66 valence electrons. The van der Waals surface area contributed by atoms with E-state index in [1.165, 1.54) is 10.8 Å². The molecule has 1 unspecified atom stereocenters. The van der Waals surface area contributed by atoms with Crippen LogP contribution in [0.1, 0.15) is 25.3 Å². The maximum atomic E-state index is 6.19. The van der Waals surface area contributed by atoms with Gasteiger partial charge in [-0.25, -0.2) is 0 Å². The highest BCUT2D eigenvalue weighted by Crippen LogP contribution is 2.12. The van der Waals surface area contributed by atoms with Gasteiger partial charge in [0, 0.05) is 0 Å². The number of benzene rings is 1. The third-order valence-electron chi connectivity index (χ3n) is 2.05. The SMILES string of the molecule is CC(C)c1ccccc1[SiH](C)Cl. The first-order chi connectivity index (χ1) is 5.63. The highest BCUT2D eigenvalue weighted by molar-refractivity contribution is 7.13. The summed E-state index contributed by atoms with van der Waals surface area (Å²) in [5, 5.41) is 1.40. The summed E-state index contributed by atoms with van der Waals surface area (Å²) in [6, 6.07) is 8.52. The molecule has 1 aromatic rings. The molecule has 0 aliphatic heterocycles. The lowest BCUT2D eigenvalue weighted by Gasteiger charge is -2.12. The van der Waals surface area contributed by atoms with Crippen molar-refractivity contribution in [1.82, 2.24) is 0 Å². The van der Waals surface area contributed by atoms with Crippen LogP contribution in [-0.2, 0) is 0 Å². The van der Waals surface area contributed by atoms with E-state index in [0.29, 0.717) is 5.92 Å². The van der Waals surface area contributed by atoms with Crippen molar-refractivity contribution in [1.29, 1.82) is 0 Å². The maximum Gasteiger partial charge on any atom is 0.168 e. The average molecular weight is 199 g/mol. The number of rotatable bonds is 2. The molecule has 0 amide bonds. The summed E-state index contributed by atoms with van der Waals surface area (Å²) in [6.07, 6.45) is 0. The average Bonchev–Trinajstić information content (AvgIpc) is 2.04. The van der Waals surface area contributed by atoms with E-state index in [9.17, 15) is 0 Å². The van der Waals surface area contributed by atoms with Crippen LogP contribution < -0.4 is 5.19 Å². The summed E-state index contributed by atoms with van der Waals surface area (Å²) in [6.45, 7) is 6.59. The Kier molecular flexibility index (Phi) is 3.36. The number of hydrogen-bond donors (Lipinski definition) is 0. The summed E-state index contributed by atoms with van der Waals surface area (Å²) in [4.78, 5) is 0. The van der Waals surface area contributed by atoms with Crippen molar-refractivity contribution in [3.8, 4) is 0 Å². The molecule has 0 nitrogen and oxygen atoms in total. The first-order valence-electron chi connectivity index (χ1n) is 4.35. The van der Waals surface area contributed by atoms with Crippen LogP contribution >= 0.6 is 11.1 Å². The summed E-state index contributed by atoms with van der Waals surface area (Å²) in [7, 11) is -1.15. The minimum absolute atomic E-state index is 0.592. The second-order valence-corrected chi connectivity index (χ2v) is 7.22. The van der Waals surface area contributed by atoms with Crippen LogP contribution in [0.15, 0.2) is 24.3 Å². The molecular formula is C10H15ClSi. The van der Waals surface area contributed by atoms with E-state index < -0.39 is 8.11 Å². The second kappa shape index (κ2) is 4.10. The topological polar surface area (TPSA) is 0 Å². The molecule has 2 heteroatoms. The first-order valence-corrected chi connectivity index (χ1v) is 7.83. The summed E-state index contributed by atoms with van der Waals surface area (Å²) < 4.78 is 0. The Bertz CT molecular complexity index is 229. The minimum Gasteiger partial charge on any atom is -0.166 e. The van der Waals surface area contributed by atoms with E-state index >= 15 is 0 Å². The van der Waals surface area contributed by atoms with Gasteiger partial charge < -0.3 is 0 Å². The Morgan fingerprint density at radius 1 is 1.25 bits per heavy atom. The van der Waals surface area contributed by atoms with Crippen LogP contribution in [0.25, 0.3) is 0 Å². The molecule has 0 radical (unpaired) electrons. The molecule has 0 heterocycles. The van der Waals surface area contributed by atoms with Crippen molar-refractivity contribution in [2.24, 2.45) is 0 Å². The monoisotopic (exact) mass is 198 g/mol. The molecule has 1 atom stereocenters. The van der Waals surface area contributed by atoms with E-state index in [4.69, 9.17) is 11.1 Å². The zero-order valence-electron chi connectivity index (χ0n) is 7.84. The Labute approximate surface area is 80.9 Å². The van der Waals surface area contributed by atoms with Crippen LogP contribution in [0.3, 0.4) is 0 Å². The third kappa shape index (κ3) is 2.11. The van der Waals surface area contributed by atoms with Crippen LogP contribution in [0.2, 0.25) is 6.55 Å². The van der Waals surface area contributed by atoms with E-state index in [0.717, 1.165) is 0 Å². The van der Waals surface area contributed by atoms with Crippen LogP contribution in [0, 0.1) is 0 Å². The van der Waals surface area contributed by atoms with E-state index in [2.05, 4.69) is 44.7 Å². The fourth-order valence-corrected chi connectivity index (χ4v) is 3.26. The van der Waals surface area contributed by atoms with Crippen molar-refractivity contribution in [3.05, 3.63) is 29.8 Å². The lowest BCUT2D eigenvalue weighted by Crippen LogP contribution is -2.25. The normalized spacial score (nSPS) is 13.4. The second-order valence-electron chi connectivity index (χ2n) is 3.40. The van der Waals surface area contributed by atoms with Crippen molar-refractivity contribution < 1.29 is 0 Å². The molecule has 1 aromatic carbocycles. The van der Waals surface area contributed by atoms with Crippen molar-refractivity contribution in [2.75, 3.05) is 0 Å². The molecule has 0 spiro atoms. The zero-order valence-corrected chi connectivity index (χ0v) is 9.75. The van der Waals surface area contributed by atoms with Gasteiger partial charge in [0.05, 0.1) is 0 Å². The number of hydrogen-bond acceptors (Lipinski definition) is 0. The minimum atomic E-state index is -1.15. The van der Waals surface area contributed by atoms with Gasteiger partial charge in [-0.05, 0) is 16.7 Å². The van der Waals surface area contributed by atoms with Gasteiger partial charge in [-0.15, -0.1) is 0 Å². The van der Waals surface area contributed by atoms with Gasteiger partial charge >= 0.3 is 0 Å². The number of halogens is 1. The first kappa shape index (κ1) is 9.81. The smallest absolute Gasteiger partial charge is 0.166 e. The molecule has 0 aromatic heterocycles. The Morgan fingerprint density at radius 3 is 2.25 bits per heavy atom. The predicted octanol–water partition coefficient (Wildman–Crippen LogP) is 2.61. The van der Waals surface area contributed by atoms with Crippen LogP contribution in [0.5, 0.6) is 0 Å². The summed E-state index contributed by atoms with van der Waals surface area (Å²) in [5.41, 5.74) is 1.42. The molecule has 1 rings (SSSR count). The fraction of sp³-hybridized carbons (Fsp3) is 0.400. The van der Waals surface area contributed by atoms with E-state index in [1.54, 1.807) is 0 Å². The largest absolute Gasteiger partial charge is 0.168 e. The summed E-state index contributed by atoms with van der Waals surface area (Å²) >= 11 is 6.19. The lowest BCUT2D eigenvalue weighted by atomic mass is 10.0. The molecule has 0 saturated carbocycles. The predicted molar refractivity (Wildman–Crippen MR) is 59.0 cm³/mol. The van der Waals surface area contributed by atoms with Crippen molar-refractivity contribution in [2.45, 2.75) is 26.3 Å². The molecule has 0 bridgehead atoms. The quantitative estimate of drug-likeness (QED) is 0.507. The highest BCUT2D eigenvalue weighted by atomic mass is 35.6. The van der Waals surface area contributed by atoms with Crippen LogP contribution in [-0.4, -0.2) is 8.11 Å².